The van der Waals surface area contributed by atoms with Gasteiger partial charge in [-0.05, 0) is 11.6 Å². The molecule has 0 fully saturated rings. The standard InChI is InChI=1S/C15H16N2O4/c1-9(18)17(10(2)19)14(15(20)21)7-11-8-16-13-6-4-3-5-12(11)13/h3-6,8,14,16H,7H2,1-2H3,(H,20,21). The van der Waals surface area contributed by atoms with Crippen molar-refractivity contribution in [2.24, 2.45) is 0 Å². The monoisotopic (exact) mass is 288 g/mol. The first-order valence-electron chi connectivity index (χ1n) is 6.50. The summed E-state index contributed by atoms with van der Waals surface area (Å²) in [5.41, 5.74) is 1.64. The summed E-state index contributed by atoms with van der Waals surface area (Å²) in [7, 11) is 0. The van der Waals surface area contributed by atoms with Gasteiger partial charge in [0.25, 0.3) is 0 Å². The number of hydrogen-bond acceptors (Lipinski definition) is 3. The molecule has 6 nitrogen and oxygen atoms in total. The van der Waals surface area contributed by atoms with Crippen LogP contribution in [-0.2, 0) is 20.8 Å². The third-order valence-electron chi connectivity index (χ3n) is 3.36. The number of carboxylic acid groups (broad SMARTS) is 1. The maximum Gasteiger partial charge on any atom is 0.327 e. The largest absolute Gasteiger partial charge is 0.480 e. The summed E-state index contributed by atoms with van der Waals surface area (Å²) in [6, 6.07) is 6.26. The van der Waals surface area contributed by atoms with Gasteiger partial charge in [-0.15, -0.1) is 0 Å². The summed E-state index contributed by atoms with van der Waals surface area (Å²) in [6.07, 6.45) is 1.78. The molecule has 0 saturated carbocycles. The van der Waals surface area contributed by atoms with Crippen molar-refractivity contribution in [2.75, 3.05) is 0 Å². The topological polar surface area (TPSA) is 90.5 Å². The van der Waals surface area contributed by atoms with Crippen molar-refractivity contribution in [2.45, 2.75) is 26.3 Å². The molecule has 1 atom stereocenters. The predicted molar refractivity (Wildman–Crippen MR) is 76.6 cm³/mol. The van der Waals surface area contributed by atoms with Crippen LogP contribution in [0, 0.1) is 0 Å². The van der Waals surface area contributed by atoms with Gasteiger partial charge in [0, 0.05) is 37.4 Å². The Morgan fingerprint density at radius 3 is 2.38 bits per heavy atom. The van der Waals surface area contributed by atoms with E-state index in [2.05, 4.69) is 4.98 Å². The minimum absolute atomic E-state index is 0.0680. The molecule has 1 aromatic carbocycles. The van der Waals surface area contributed by atoms with Crippen LogP contribution < -0.4 is 0 Å². The molecule has 0 aliphatic carbocycles. The highest BCUT2D eigenvalue weighted by molar-refractivity contribution is 5.97. The Kier molecular flexibility index (Phi) is 4.07. The minimum Gasteiger partial charge on any atom is -0.480 e. The molecule has 0 aliphatic heterocycles. The van der Waals surface area contributed by atoms with Gasteiger partial charge in [0.1, 0.15) is 6.04 Å². The molecule has 0 bridgehead atoms. The summed E-state index contributed by atoms with van der Waals surface area (Å²) < 4.78 is 0. The van der Waals surface area contributed by atoms with Gasteiger partial charge >= 0.3 is 5.97 Å². The van der Waals surface area contributed by atoms with Crippen molar-refractivity contribution in [1.29, 1.82) is 0 Å². The van der Waals surface area contributed by atoms with E-state index in [4.69, 9.17) is 0 Å². The lowest BCUT2D eigenvalue weighted by atomic mass is 10.0. The zero-order chi connectivity index (χ0) is 15.6. The second kappa shape index (κ2) is 5.78. The van der Waals surface area contributed by atoms with Crippen molar-refractivity contribution >= 4 is 28.7 Å². The molecule has 2 aromatic rings. The Labute approximate surface area is 121 Å². The Bertz CT molecular complexity index is 691. The van der Waals surface area contributed by atoms with E-state index in [1.54, 1.807) is 6.20 Å². The maximum absolute atomic E-state index is 11.6. The van der Waals surface area contributed by atoms with Crippen molar-refractivity contribution < 1.29 is 19.5 Å². The first-order chi connectivity index (χ1) is 9.91. The molecule has 0 saturated heterocycles. The molecule has 21 heavy (non-hydrogen) atoms. The van der Waals surface area contributed by atoms with Gasteiger partial charge in [0.2, 0.25) is 11.8 Å². The average molecular weight is 288 g/mol. The molecule has 2 N–H and O–H groups in total. The molecule has 110 valence electrons. The molecular formula is C15H16N2O4. The van der Waals surface area contributed by atoms with Crippen LogP contribution in [0.3, 0.4) is 0 Å². The van der Waals surface area contributed by atoms with Crippen LogP contribution in [0.25, 0.3) is 10.9 Å². The number of imide groups is 1. The zero-order valence-corrected chi connectivity index (χ0v) is 11.8. The number of aromatic amines is 1. The highest BCUT2D eigenvalue weighted by Gasteiger charge is 2.31. The van der Waals surface area contributed by atoms with Crippen LogP contribution in [0.1, 0.15) is 19.4 Å². The van der Waals surface area contributed by atoms with E-state index in [0.717, 1.165) is 21.4 Å². The lowest BCUT2D eigenvalue weighted by Crippen LogP contribution is -2.48. The maximum atomic E-state index is 11.6. The van der Waals surface area contributed by atoms with Gasteiger partial charge in [-0.1, -0.05) is 18.2 Å². The average Bonchev–Trinajstić information content (AvgIpc) is 2.80. The van der Waals surface area contributed by atoms with Crippen LogP contribution in [0.2, 0.25) is 0 Å². The fourth-order valence-corrected chi connectivity index (χ4v) is 2.46. The van der Waals surface area contributed by atoms with Crippen LogP contribution in [-0.4, -0.2) is 38.8 Å². The number of fused-ring (bicyclic) bond motifs is 1. The molecule has 1 heterocycles. The molecule has 0 radical (unpaired) electrons. The summed E-state index contributed by atoms with van der Waals surface area (Å²) in [5.74, 6) is -2.35. The summed E-state index contributed by atoms with van der Waals surface area (Å²) in [5, 5.41) is 10.2. The lowest BCUT2D eigenvalue weighted by molar-refractivity contribution is -0.156. The van der Waals surface area contributed by atoms with Crippen molar-refractivity contribution in [3.8, 4) is 0 Å². The third kappa shape index (κ3) is 2.94. The smallest absolute Gasteiger partial charge is 0.327 e. The van der Waals surface area contributed by atoms with Crippen molar-refractivity contribution in [3.05, 3.63) is 36.0 Å². The number of benzene rings is 1. The Hall–Kier alpha value is -2.63. The highest BCUT2D eigenvalue weighted by Crippen LogP contribution is 2.21. The van der Waals surface area contributed by atoms with E-state index < -0.39 is 23.8 Å². The molecule has 0 spiro atoms. The number of rotatable bonds is 4. The van der Waals surface area contributed by atoms with Gasteiger partial charge in [-0.2, -0.15) is 0 Å². The molecular weight excluding hydrogens is 272 g/mol. The number of hydrogen-bond donors (Lipinski definition) is 2. The Balaban J connectivity index is 2.38. The second-order valence-electron chi connectivity index (χ2n) is 4.83. The van der Waals surface area contributed by atoms with Crippen molar-refractivity contribution in [3.63, 3.8) is 0 Å². The minimum atomic E-state index is -1.21. The first-order valence-corrected chi connectivity index (χ1v) is 6.50. The SMILES string of the molecule is CC(=O)N(C(C)=O)C(Cc1c[nH]c2ccccc12)C(=O)O. The zero-order valence-electron chi connectivity index (χ0n) is 11.8. The first kappa shape index (κ1) is 14.8. The number of para-hydroxylation sites is 1. The third-order valence-corrected chi connectivity index (χ3v) is 3.36. The Morgan fingerprint density at radius 2 is 1.81 bits per heavy atom. The van der Waals surface area contributed by atoms with E-state index in [1.165, 1.54) is 13.8 Å². The van der Waals surface area contributed by atoms with Gasteiger partial charge < -0.3 is 10.1 Å². The number of amides is 2. The van der Waals surface area contributed by atoms with E-state index >= 15 is 0 Å². The van der Waals surface area contributed by atoms with Crippen molar-refractivity contribution in [1.82, 2.24) is 9.88 Å². The molecule has 2 rings (SSSR count). The molecule has 1 unspecified atom stereocenters. The second-order valence-corrected chi connectivity index (χ2v) is 4.83. The van der Waals surface area contributed by atoms with Crippen LogP contribution in [0.5, 0.6) is 0 Å². The van der Waals surface area contributed by atoms with Gasteiger partial charge in [0.15, 0.2) is 0 Å². The number of aromatic nitrogens is 1. The van der Waals surface area contributed by atoms with E-state index in [-0.39, 0.29) is 6.42 Å². The fourth-order valence-electron chi connectivity index (χ4n) is 2.46. The molecule has 1 aromatic heterocycles. The summed E-state index contributed by atoms with van der Waals surface area (Å²) in [6.45, 7) is 2.37. The number of H-pyrrole nitrogens is 1. The van der Waals surface area contributed by atoms with E-state index in [9.17, 15) is 19.5 Å². The van der Waals surface area contributed by atoms with Crippen LogP contribution >= 0.6 is 0 Å². The number of aliphatic carboxylic acids is 1. The van der Waals surface area contributed by atoms with Gasteiger partial charge in [-0.25, -0.2) is 4.79 Å². The number of carboxylic acids is 1. The molecule has 2 amide bonds. The van der Waals surface area contributed by atoms with Crippen LogP contribution in [0.15, 0.2) is 30.5 Å². The van der Waals surface area contributed by atoms with Crippen LogP contribution in [0.4, 0.5) is 0 Å². The van der Waals surface area contributed by atoms with Gasteiger partial charge in [-0.3, -0.25) is 14.5 Å². The molecule has 0 aliphatic rings. The number of nitrogens with zero attached hydrogens (tertiary/aromatic N) is 1. The lowest BCUT2D eigenvalue weighted by Gasteiger charge is -2.24. The van der Waals surface area contributed by atoms with Gasteiger partial charge in [0.05, 0.1) is 0 Å². The Morgan fingerprint density at radius 1 is 1.19 bits per heavy atom. The van der Waals surface area contributed by atoms with E-state index in [0.29, 0.717) is 0 Å². The quantitative estimate of drug-likeness (QED) is 0.893. The number of carbonyl (C=O) groups is 3. The normalized spacial score (nSPS) is 12.1. The summed E-state index contributed by atoms with van der Waals surface area (Å²) >= 11 is 0. The predicted octanol–water partition coefficient (Wildman–Crippen LogP) is 1.56. The summed E-state index contributed by atoms with van der Waals surface area (Å²) in [4.78, 5) is 38.4. The fraction of sp³-hybridized carbons (Fsp3) is 0.267. The molecule has 6 heteroatoms. The highest BCUT2D eigenvalue weighted by atomic mass is 16.4. The number of nitrogens with one attached hydrogen (secondary N) is 1. The van der Waals surface area contributed by atoms with E-state index in [1.807, 2.05) is 24.3 Å². The number of carbonyl (C=O) groups excluding carboxylic acids is 2.